The predicted octanol–water partition coefficient (Wildman–Crippen LogP) is 3.75. The zero-order valence-corrected chi connectivity index (χ0v) is 20.7. The lowest BCUT2D eigenvalue weighted by molar-refractivity contribution is -0.123. The number of benzene rings is 1. The average Bonchev–Trinajstić information content (AvgIpc) is 3.36. The van der Waals surface area contributed by atoms with Gasteiger partial charge in [-0.05, 0) is 36.8 Å². The van der Waals surface area contributed by atoms with Crippen LogP contribution in [-0.2, 0) is 11.2 Å². The summed E-state index contributed by atoms with van der Waals surface area (Å²) in [5.74, 6) is 0.471. The van der Waals surface area contributed by atoms with Crippen LogP contribution in [0.25, 0.3) is 0 Å². The van der Waals surface area contributed by atoms with Crippen LogP contribution in [0.2, 0.25) is 0 Å². The molecule has 2 unspecified atom stereocenters. The van der Waals surface area contributed by atoms with Gasteiger partial charge in [-0.3, -0.25) is 14.7 Å². The van der Waals surface area contributed by atoms with E-state index in [4.69, 9.17) is 4.74 Å². The van der Waals surface area contributed by atoms with Crippen LogP contribution in [0, 0.1) is 5.92 Å². The Balaban J connectivity index is 1.42. The number of nitrogens with one attached hydrogen (secondary N) is 2. The topological polar surface area (TPSA) is 120 Å². The van der Waals surface area contributed by atoms with Crippen molar-refractivity contribution >= 4 is 17.6 Å². The van der Waals surface area contributed by atoms with E-state index in [9.17, 15) is 14.7 Å². The highest BCUT2D eigenvalue weighted by atomic mass is 16.5. The van der Waals surface area contributed by atoms with Crippen LogP contribution in [-0.4, -0.2) is 56.3 Å². The van der Waals surface area contributed by atoms with Crippen molar-refractivity contribution in [2.75, 3.05) is 18.5 Å². The molecule has 190 valence electrons. The van der Waals surface area contributed by atoms with Gasteiger partial charge in [0, 0.05) is 36.9 Å². The van der Waals surface area contributed by atoms with Crippen molar-refractivity contribution in [3.05, 3.63) is 71.5 Å². The number of carbonyl (C=O) groups excluding carboxylic acids is 2. The SMILES string of the molecule is CC(C)COc1cc(C(=O)N2CCCCC2c2cc(NC(=O)C(O)Cc3ccccc3)n[nH]2)ccn1. The molecule has 3 N–H and O–H groups in total. The van der Waals surface area contributed by atoms with Gasteiger partial charge in [0.2, 0.25) is 5.88 Å². The molecular weight excluding hydrogens is 458 g/mol. The standard InChI is InChI=1S/C27H33N5O4/c1-18(2)17-36-25-15-20(11-12-28-25)27(35)32-13-7-6-10-22(32)21-16-24(31-30-21)29-26(34)23(33)14-19-8-4-3-5-9-19/h3-5,8-9,11-12,15-16,18,22-23,33H,6-7,10,13-14,17H2,1-2H3,(H2,29,30,31,34). The number of piperidine rings is 1. The molecule has 1 fully saturated rings. The number of nitrogens with zero attached hydrogens (tertiary/aromatic N) is 3. The number of likely N-dealkylation sites (tertiary alicyclic amines) is 1. The second kappa shape index (κ2) is 11.8. The molecule has 3 heterocycles. The highest BCUT2D eigenvalue weighted by Gasteiger charge is 2.30. The lowest BCUT2D eigenvalue weighted by Gasteiger charge is -2.35. The van der Waals surface area contributed by atoms with E-state index < -0.39 is 12.0 Å². The summed E-state index contributed by atoms with van der Waals surface area (Å²) in [6.07, 6.45) is 3.27. The maximum absolute atomic E-state index is 13.4. The van der Waals surface area contributed by atoms with Crippen LogP contribution in [0.1, 0.15) is 60.8 Å². The molecule has 0 saturated carbocycles. The zero-order chi connectivity index (χ0) is 25.5. The highest BCUT2D eigenvalue weighted by molar-refractivity contribution is 5.95. The van der Waals surface area contributed by atoms with Crippen LogP contribution in [0.3, 0.4) is 0 Å². The van der Waals surface area contributed by atoms with Crippen molar-refractivity contribution in [3.8, 4) is 5.88 Å². The van der Waals surface area contributed by atoms with Crippen molar-refractivity contribution in [1.29, 1.82) is 0 Å². The number of aromatic nitrogens is 3. The first-order valence-electron chi connectivity index (χ1n) is 12.4. The average molecular weight is 492 g/mol. The fourth-order valence-corrected chi connectivity index (χ4v) is 4.25. The van der Waals surface area contributed by atoms with E-state index in [0.29, 0.717) is 36.3 Å². The lowest BCUT2D eigenvalue weighted by atomic mass is 9.98. The van der Waals surface area contributed by atoms with E-state index in [1.807, 2.05) is 35.2 Å². The molecule has 36 heavy (non-hydrogen) atoms. The minimum atomic E-state index is -1.20. The van der Waals surface area contributed by atoms with Crippen LogP contribution in [0.5, 0.6) is 5.88 Å². The summed E-state index contributed by atoms with van der Waals surface area (Å²) < 4.78 is 5.70. The van der Waals surface area contributed by atoms with Gasteiger partial charge in [-0.1, -0.05) is 44.2 Å². The Morgan fingerprint density at radius 2 is 2.00 bits per heavy atom. The first kappa shape index (κ1) is 25.4. The predicted molar refractivity (Wildman–Crippen MR) is 136 cm³/mol. The number of aromatic amines is 1. The highest BCUT2D eigenvalue weighted by Crippen LogP contribution is 2.32. The van der Waals surface area contributed by atoms with E-state index in [-0.39, 0.29) is 18.4 Å². The normalized spacial score (nSPS) is 16.6. The van der Waals surface area contributed by atoms with Crippen LogP contribution < -0.4 is 10.1 Å². The summed E-state index contributed by atoms with van der Waals surface area (Å²) in [5, 5.41) is 20.1. The number of rotatable bonds is 9. The summed E-state index contributed by atoms with van der Waals surface area (Å²) >= 11 is 0. The monoisotopic (exact) mass is 491 g/mol. The van der Waals surface area contributed by atoms with Gasteiger partial charge in [0.05, 0.1) is 18.3 Å². The molecule has 2 amide bonds. The molecular formula is C27H33N5O4. The van der Waals surface area contributed by atoms with Crippen LogP contribution >= 0.6 is 0 Å². The zero-order valence-electron chi connectivity index (χ0n) is 20.7. The lowest BCUT2D eigenvalue weighted by Crippen LogP contribution is -2.38. The van der Waals surface area contributed by atoms with E-state index in [1.54, 1.807) is 24.4 Å². The number of anilines is 1. The Labute approximate surface area is 210 Å². The molecule has 0 bridgehead atoms. The number of hydrogen-bond donors (Lipinski definition) is 3. The van der Waals surface area contributed by atoms with Gasteiger partial charge in [-0.25, -0.2) is 4.98 Å². The Hall–Kier alpha value is -3.72. The Morgan fingerprint density at radius 3 is 2.78 bits per heavy atom. The molecule has 1 aliphatic rings. The summed E-state index contributed by atoms with van der Waals surface area (Å²) in [6, 6.07) is 14.2. The second-order valence-electron chi connectivity index (χ2n) is 9.50. The minimum Gasteiger partial charge on any atom is -0.477 e. The Bertz CT molecular complexity index is 1160. The molecule has 1 aromatic carbocycles. The summed E-state index contributed by atoms with van der Waals surface area (Å²) in [5.41, 5.74) is 2.13. The quantitative estimate of drug-likeness (QED) is 0.419. The molecule has 9 nitrogen and oxygen atoms in total. The number of hydrogen-bond acceptors (Lipinski definition) is 6. The van der Waals surface area contributed by atoms with E-state index in [1.165, 1.54) is 0 Å². The molecule has 1 aliphatic heterocycles. The van der Waals surface area contributed by atoms with Crippen molar-refractivity contribution in [2.24, 2.45) is 5.92 Å². The number of aliphatic hydroxyl groups is 1. The van der Waals surface area contributed by atoms with Gasteiger partial charge >= 0.3 is 0 Å². The molecule has 0 aliphatic carbocycles. The van der Waals surface area contributed by atoms with E-state index in [2.05, 4.69) is 34.3 Å². The number of amides is 2. The number of pyridine rings is 1. The van der Waals surface area contributed by atoms with E-state index in [0.717, 1.165) is 30.5 Å². The van der Waals surface area contributed by atoms with E-state index >= 15 is 0 Å². The van der Waals surface area contributed by atoms with Gasteiger partial charge in [-0.15, -0.1) is 0 Å². The molecule has 3 aromatic rings. The first-order valence-corrected chi connectivity index (χ1v) is 12.4. The van der Waals surface area contributed by atoms with Crippen molar-refractivity contribution in [1.82, 2.24) is 20.1 Å². The molecule has 2 atom stereocenters. The van der Waals surface area contributed by atoms with Crippen molar-refractivity contribution in [3.63, 3.8) is 0 Å². The van der Waals surface area contributed by atoms with Gasteiger partial charge in [0.15, 0.2) is 5.82 Å². The molecule has 2 aromatic heterocycles. The smallest absolute Gasteiger partial charge is 0.254 e. The largest absolute Gasteiger partial charge is 0.477 e. The number of H-pyrrole nitrogens is 1. The van der Waals surface area contributed by atoms with Crippen LogP contribution in [0.15, 0.2) is 54.7 Å². The van der Waals surface area contributed by atoms with Gasteiger partial charge in [0.1, 0.15) is 6.10 Å². The third kappa shape index (κ3) is 6.48. The van der Waals surface area contributed by atoms with Gasteiger partial charge in [-0.2, -0.15) is 5.10 Å². The van der Waals surface area contributed by atoms with Crippen molar-refractivity contribution in [2.45, 2.75) is 51.7 Å². The molecule has 0 radical (unpaired) electrons. The molecule has 0 spiro atoms. The Kier molecular flexibility index (Phi) is 8.32. The number of carbonyl (C=O) groups is 2. The summed E-state index contributed by atoms with van der Waals surface area (Å²) in [7, 11) is 0. The first-order chi connectivity index (χ1) is 17.4. The summed E-state index contributed by atoms with van der Waals surface area (Å²) in [6.45, 7) is 5.25. The fourth-order valence-electron chi connectivity index (χ4n) is 4.25. The van der Waals surface area contributed by atoms with Crippen molar-refractivity contribution < 1.29 is 19.4 Å². The molecule has 9 heteroatoms. The summed E-state index contributed by atoms with van der Waals surface area (Å²) in [4.78, 5) is 32.0. The van der Waals surface area contributed by atoms with Gasteiger partial charge < -0.3 is 20.1 Å². The minimum absolute atomic E-state index is 0.102. The van der Waals surface area contributed by atoms with Crippen LogP contribution in [0.4, 0.5) is 5.82 Å². The number of aliphatic hydroxyl groups excluding tert-OH is 1. The third-order valence-corrected chi connectivity index (χ3v) is 6.09. The number of ether oxygens (including phenoxy) is 1. The maximum atomic E-state index is 13.4. The Morgan fingerprint density at radius 1 is 1.19 bits per heavy atom. The second-order valence-corrected chi connectivity index (χ2v) is 9.50. The maximum Gasteiger partial charge on any atom is 0.254 e. The third-order valence-electron chi connectivity index (χ3n) is 6.09. The fraction of sp³-hybridized carbons (Fsp3) is 0.407. The molecule has 4 rings (SSSR count). The van der Waals surface area contributed by atoms with Gasteiger partial charge in [0.25, 0.3) is 11.8 Å². The molecule has 1 saturated heterocycles.